The van der Waals surface area contributed by atoms with E-state index in [1.807, 2.05) is 0 Å². The number of hydrogen-bond donors (Lipinski definition) is 2. The van der Waals surface area contributed by atoms with Crippen molar-refractivity contribution in [1.82, 2.24) is 9.88 Å². The van der Waals surface area contributed by atoms with Crippen molar-refractivity contribution in [2.75, 3.05) is 25.5 Å². The molecule has 0 unspecified atom stereocenters. The molecule has 1 aliphatic carbocycles. The predicted octanol–water partition coefficient (Wildman–Crippen LogP) is 4.29. The Kier molecular flexibility index (Phi) is 4.55. The summed E-state index contributed by atoms with van der Waals surface area (Å²) in [7, 11) is 2.20. The first kappa shape index (κ1) is 16.6. The summed E-state index contributed by atoms with van der Waals surface area (Å²) < 4.78 is 0. The normalized spacial score (nSPS) is 22.1. The molecule has 134 valence electrons. The molecule has 2 N–H and O–H groups in total. The number of carbonyl (C=O) groups is 1. The van der Waals surface area contributed by atoms with Crippen LogP contribution in [0.25, 0.3) is 10.9 Å². The van der Waals surface area contributed by atoms with Crippen LogP contribution in [0.4, 0.5) is 5.69 Å². The molecule has 1 aliphatic heterocycles. The summed E-state index contributed by atoms with van der Waals surface area (Å²) in [6.45, 7) is 2.34. The second kappa shape index (κ2) is 6.83. The lowest BCUT2D eigenvalue weighted by molar-refractivity contribution is -0.112. The Bertz CT molecular complexity index is 737. The summed E-state index contributed by atoms with van der Waals surface area (Å²) in [5.74, 6) is 0.634. The van der Waals surface area contributed by atoms with E-state index < -0.39 is 0 Å². The predicted molar refractivity (Wildman–Crippen MR) is 103 cm³/mol. The highest BCUT2D eigenvalue weighted by molar-refractivity contribution is 5.87. The maximum atomic E-state index is 11.8. The molecule has 4 nitrogen and oxygen atoms in total. The minimum atomic E-state index is -0.365. The van der Waals surface area contributed by atoms with Gasteiger partial charge in [0.1, 0.15) is 6.29 Å². The number of rotatable bonds is 4. The first-order valence-corrected chi connectivity index (χ1v) is 9.73. The molecule has 4 rings (SSSR count). The first-order chi connectivity index (χ1) is 12.2. The van der Waals surface area contributed by atoms with Gasteiger partial charge in [0.15, 0.2) is 0 Å². The van der Waals surface area contributed by atoms with Crippen LogP contribution >= 0.6 is 0 Å². The molecule has 1 saturated heterocycles. The molecule has 2 aliphatic rings. The van der Waals surface area contributed by atoms with Gasteiger partial charge in [0, 0.05) is 22.8 Å². The summed E-state index contributed by atoms with van der Waals surface area (Å²) in [6.07, 6.45) is 11.2. The monoisotopic (exact) mass is 339 g/mol. The van der Waals surface area contributed by atoms with E-state index in [4.69, 9.17) is 0 Å². The van der Waals surface area contributed by atoms with Crippen LogP contribution in [0.2, 0.25) is 0 Å². The van der Waals surface area contributed by atoms with Crippen LogP contribution in [0.1, 0.15) is 56.4 Å². The van der Waals surface area contributed by atoms with Crippen LogP contribution < -0.4 is 5.32 Å². The number of likely N-dealkylation sites (tertiary alicyclic amines) is 1. The molecule has 25 heavy (non-hydrogen) atoms. The fourth-order valence-electron chi connectivity index (χ4n) is 4.62. The third-order valence-electron chi connectivity index (χ3n) is 6.24. The lowest BCUT2D eigenvalue weighted by atomic mass is 9.82. The molecule has 1 aromatic carbocycles. The lowest BCUT2D eigenvalue weighted by Crippen LogP contribution is -2.41. The molecule has 0 amide bonds. The van der Waals surface area contributed by atoms with Crippen LogP contribution in [0.3, 0.4) is 0 Å². The van der Waals surface area contributed by atoms with Crippen LogP contribution in [-0.2, 0) is 4.79 Å². The van der Waals surface area contributed by atoms with Crippen molar-refractivity contribution in [2.24, 2.45) is 0 Å². The summed E-state index contributed by atoms with van der Waals surface area (Å²) in [6, 6.07) is 6.51. The number of nitrogens with one attached hydrogen (secondary N) is 2. The number of hydrogen-bond acceptors (Lipinski definition) is 3. The van der Waals surface area contributed by atoms with Gasteiger partial charge in [-0.3, -0.25) is 0 Å². The zero-order valence-corrected chi connectivity index (χ0v) is 15.2. The highest BCUT2D eigenvalue weighted by Crippen LogP contribution is 2.35. The van der Waals surface area contributed by atoms with Gasteiger partial charge in [-0.05, 0) is 75.5 Å². The second-order valence-electron chi connectivity index (χ2n) is 8.04. The SMILES string of the molecule is CN1CCC(c2c[nH]c3ccc(NC4(C=O)CCCCC4)cc23)CC1. The smallest absolute Gasteiger partial charge is 0.145 e. The van der Waals surface area contributed by atoms with Crippen LogP contribution in [0.5, 0.6) is 0 Å². The van der Waals surface area contributed by atoms with E-state index in [-0.39, 0.29) is 5.54 Å². The Balaban J connectivity index is 1.61. The number of aromatic nitrogens is 1. The van der Waals surface area contributed by atoms with Crippen LogP contribution in [0, 0.1) is 0 Å². The van der Waals surface area contributed by atoms with Gasteiger partial charge >= 0.3 is 0 Å². The van der Waals surface area contributed by atoms with E-state index >= 15 is 0 Å². The van der Waals surface area contributed by atoms with E-state index in [9.17, 15) is 4.79 Å². The highest BCUT2D eigenvalue weighted by Gasteiger charge is 2.31. The van der Waals surface area contributed by atoms with Crippen molar-refractivity contribution in [3.8, 4) is 0 Å². The van der Waals surface area contributed by atoms with Crippen molar-refractivity contribution in [3.05, 3.63) is 30.0 Å². The number of H-pyrrole nitrogens is 1. The molecule has 0 bridgehead atoms. The molecule has 0 radical (unpaired) electrons. The third kappa shape index (κ3) is 3.32. The number of piperidine rings is 1. The fourth-order valence-corrected chi connectivity index (χ4v) is 4.62. The molecule has 1 saturated carbocycles. The van der Waals surface area contributed by atoms with Crippen molar-refractivity contribution in [2.45, 2.75) is 56.4 Å². The molecule has 0 atom stereocenters. The lowest BCUT2D eigenvalue weighted by Gasteiger charge is -2.34. The van der Waals surface area contributed by atoms with E-state index in [0.29, 0.717) is 5.92 Å². The molecular weight excluding hydrogens is 310 g/mol. The first-order valence-electron chi connectivity index (χ1n) is 9.73. The number of fused-ring (bicyclic) bond motifs is 1. The number of aldehydes is 1. The molecule has 1 aromatic heterocycles. The highest BCUT2D eigenvalue weighted by atomic mass is 16.1. The van der Waals surface area contributed by atoms with Gasteiger partial charge in [-0.25, -0.2) is 0 Å². The molecular formula is C21H29N3O. The summed E-state index contributed by atoms with van der Waals surface area (Å²) in [5, 5.41) is 4.89. The molecule has 2 aromatic rings. The standard InChI is InChI=1S/C21H29N3O/c1-24-11-7-16(8-12-24)19-14-22-20-6-5-17(13-18(19)20)23-21(15-25)9-3-2-4-10-21/h5-6,13-16,22-23H,2-4,7-12H2,1H3. The van der Waals surface area contributed by atoms with E-state index in [1.165, 1.54) is 48.8 Å². The molecule has 2 heterocycles. The van der Waals surface area contributed by atoms with Gasteiger partial charge in [-0.2, -0.15) is 0 Å². The second-order valence-corrected chi connectivity index (χ2v) is 8.04. The number of aromatic amines is 1. The largest absolute Gasteiger partial charge is 0.373 e. The van der Waals surface area contributed by atoms with E-state index in [0.717, 1.165) is 37.7 Å². The number of nitrogens with zero attached hydrogens (tertiary/aromatic N) is 1. The van der Waals surface area contributed by atoms with Crippen molar-refractivity contribution in [1.29, 1.82) is 0 Å². The minimum Gasteiger partial charge on any atom is -0.373 e. The van der Waals surface area contributed by atoms with Crippen LogP contribution in [0.15, 0.2) is 24.4 Å². The summed E-state index contributed by atoms with van der Waals surface area (Å²) in [4.78, 5) is 17.6. The minimum absolute atomic E-state index is 0.365. The van der Waals surface area contributed by atoms with Crippen molar-refractivity contribution in [3.63, 3.8) is 0 Å². The zero-order chi connectivity index (χ0) is 17.3. The Morgan fingerprint density at radius 1 is 1.20 bits per heavy atom. The Morgan fingerprint density at radius 3 is 2.68 bits per heavy atom. The Labute approximate surface area is 150 Å². The average molecular weight is 339 g/mol. The quantitative estimate of drug-likeness (QED) is 0.817. The van der Waals surface area contributed by atoms with Crippen LogP contribution in [-0.4, -0.2) is 41.8 Å². The van der Waals surface area contributed by atoms with Gasteiger partial charge in [-0.15, -0.1) is 0 Å². The Hall–Kier alpha value is -1.81. The van der Waals surface area contributed by atoms with Gasteiger partial charge in [0.25, 0.3) is 0 Å². The number of carbonyl (C=O) groups excluding carboxylic acids is 1. The van der Waals surface area contributed by atoms with Gasteiger partial charge in [0.05, 0.1) is 5.54 Å². The summed E-state index contributed by atoms with van der Waals surface area (Å²) >= 11 is 0. The average Bonchev–Trinajstić information content (AvgIpc) is 3.06. The molecule has 2 fully saturated rings. The third-order valence-corrected chi connectivity index (χ3v) is 6.24. The zero-order valence-electron chi connectivity index (χ0n) is 15.2. The topological polar surface area (TPSA) is 48.1 Å². The maximum Gasteiger partial charge on any atom is 0.145 e. The molecule has 0 spiro atoms. The number of anilines is 1. The van der Waals surface area contributed by atoms with Gasteiger partial charge in [0.2, 0.25) is 0 Å². The fraction of sp³-hybridized carbons (Fsp3) is 0.571. The number of benzene rings is 1. The van der Waals surface area contributed by atoms with Crippen molar-refractivity contribution >= 4 is 22.9 Å². The Morgan fingerprint density at radius 2 is 1.96 bits per heavy atom. The van der Waals surface area contributed by atoms with E-state index in [1.54, 1.807) is 0 Å². The summed E-state index contributed by atoms with van der Waals surface area (Å²) in [5.41, 5.74) is 3.35. The molecule has 4 heteroatoms. The van der Waals surface area contributed by atoms with Gasteiger partial charge in [-0.1, -0.05) is 19.3 Å². The van der Waals surface area contributed by atoms with Crippen molar-refractivity contribution < 1.29 is 4.79 Å². The van der Waals surface area contributed by atoms with Gasteiger partial charge < -0.3 is 20.0 Å². The van der Waals surface area contributed by atoms with E-state index in [2.05, 4.69) is 46.6 Å². The maximum absolute atomic E-state index is 11.8.